The molecule has 0 bridgehead atoms. The topological polar surface area (TPSA) is 59.1 Å². The van der Waals surface area contributed by atoms with Crippen LogP contribution in [-0.4, -0.2) is 49.8 Å². The molecular formula is C23H26N2O4S. The summed E-state index contributed by atoms with van der Waals surface area (Å²) < 4.78 is 10.8. The molecule has 0 spiro atoms. The number of nitrogens with zero attached hydrogens (tertiary/aromatic N) is 2. The van der Waals surface area contributed by atoms with Crippen molar-refractivity contribution in [1.82, 2.24) is 4.90 Å². The molecule has 2 aromatic rings. The van der Waals surface area contributed by atoms with Crippen molar-refractivity contribution in [2.24, 2.45) is 0 Å². The van der Waals surface area contributed by atoms with Crippen LogP contribution in [0.15, 0.2) is 41.3 Å². The number of anilines is 1. The fraction of sp³-hybridized carbons (Fsp3) is 0.391. The van der Waals surface area contributed by atoms with Crippen LogP contribution in [0.1, 0.15) is 24.0 Å². The Morgan fingerprint density at radius 1 is 0.967 bits per heavy atom. The van der Waals surface area contributed by atoms with E-state index in [1.807, 2.05) is 46.2 Å². The molecular weight excluding hydrogens is 400 g/mol. The summed E-state index contributed by atoms with van der Waals surface area (Å²) in [4.78, 5) is 30.4. The first-order valence-electron chi connectivity index (χ1n) is 10.1. The van der Waals surface area contributed by atoms with Crippen molar-refractivity contribution in [2.45, 2.75) is 30.7 Å². The molecule has 30 heavy (non-hydrogen) atoms. The number of thioether (sulfide) groups is 1. The second kappa shape index (κ2) is 9.00. The van der Waals surface area contributed by atoms with Crippen LogP contribution in [0.3, 0.4) is 0 Å². The third-order valence-corrected chi connectivity index (χ3v) is 6.70. The summed E-state index contributed by atoms with van der Waals surface area (Å²) in [7, 11) is 3.23. The summed E-state index contributed by atoms with van der Waals surface area (Å²) in [5.74, 6) is 2.29. The van der Waals surface area contributed by atoms with E-state index in [0.717, 1.165) is 28.3 Å². The van der Waals surface area contributed by atoms with Crippen molar-refractivity contribution in [3.63, 3.8) is 0 Å². The molecule has 0 unspecified atom stereocenters. The van der Waals surface area contributed by atoms with Crippen LogP contribution >= 0.6 is 11.8 Å². The Kier molecular flexibility index (Phi) is 6.18. The maximum absolute atomic E-state index is 12.8. The monoisotopic (exact) mass is 426 g/mol. The van der Waals surface area contributed by atoms with Crippen molar-refractivity contribution in [3.8, 4) is 11.5 Å². The standard InChI is InChI=1S/C23H26N2O4S/c1-28-19-13-16-9-10-24(15-17(16)14-20(19)29-2)22(26)7-8-23(27)25-11-12-30-21-6-4-3-5-18(21)25/h3-6,13-14H,7-12,15H2,1-2H3. The highest BCUT2D eigenvalue weighted by molar-refractivity contribution is 7.99. The van der Waals surface area contributed by atoms with Crippen LogP contribution in [0, 0.1) is 0 Å². The lowest BCUT2D eigenvalue weighted by molar-refractivity contribution is -0.134. The number of carbonyl (C=O) groups excluding carboxylic acids is 2. The van der Waals surface area contributed by atoms with Gasteiger partial charge < -0.3 is 19.3 Å². The van der Waals surface area contributed by atoms with Crippen LogP contribution in [0.25, 0.3) is 0 Å². The molecule has 7 heteroatoms. The number of methoxy groups -OCH3 is 2. The number of fused-ring (bicyclic) bond motifs is 2. The number of benzene rings is 2. The van der Waals surface area contributed by atoms with Gasteiger partial charge in [-0.05, 0) is 41.8 Å². The molecule has 4 rings (SSSR count). The summed E-state index contributed by atoms with van der Waals surface area (Å²) >= 11 is 1.77. The number of hydrogen-bond donors (Lipinski definition) is 0. The summed E-state index contributed by atoms with van der Waals surface area (Å²) in [6.07, 6.45) is 1.23. The van der Waals surface area contributed by atoms with Gasteiger partial charge in [-0.3, -0.25) is 9.59 Å². The van der Waals surface area contributed by atoms with Gasteiger partial charge in [-0.1, -0.05) is 12.1 Å². The lowest BCUT2D eigenvalue weighted by atomic mass is 9.98. The van der Waals surface area contributed by atoms with Crippen molar-refractivity contribution in [1.29, 1.82) is 0 Å². The molecule has 158 valence electrons. The molecule has 0 saturated heterocycles. The van der Waals surface area contributed by atoms with Crippen molar-refractivity contribution in [2.75, 3.05) is 38.0 Å². The molecule has 0 aromatic heterocycles. The maximum atomic E-state index is 12.8. The van der Waals surface area contributed by atoms with E-state index in [-0.39, 0.29) is 24.7 Å². The van der Waals surface area contributed by atoms with Gasteiger partial charge in [0, 0.05) is 43.1 Å². The van der Waals surface area contributed by atoms with Gasteiger partial charge >= 0.3 is 0 Å². The SMILES string of the molecule is COc1cc2c(cc1OC)CN(C(=O)CCC(=O)N1CCSc3ccccc31)CC2. The fourth-order valence-corrected chi connectivity index (χ4v) is 5.03. The molecule has 2 aromatic carbocycles. The molecule has 0 fully saturated rings. The molecule has 2 aliphatic heterocycles. The summed E-state index contributed by atoms with van der Waals surface area (Å²) in [6, 6.07) is 11.9. The average molecular weight is 427 g/mol. The Labute approximate surface area is 181 Å². The quantitative estimate of drug-likeness (QED) is 0.732. The number of ether oxygens (including phenoxy) is 2. The van der Waals surface area contributed by atoms with E-state index >= 15 is 0 Å². The van der Waals surface area contributed by atoms with Crippen LogP contribution in [0.5, 0.6) is 11.5 Å². The number of hydrogen-bond acceptors (Lipinski definition) is 5. The van der Waals surface area contributed by atoms with Gasteiger partial charge in [-0.25, -0.2) is 0 Å². The second-order valence-corrected chi connectivity index (χ2v) is 8.54. The zero-order valence-electron chi connectivity index (χ0n) is 17.3. The van der Waals surface area contributed by atoms with Gasteiger partial charge in [0.15, 0.2) is 11.5 Å². The number of amides is 2. The highest BCUT2D eigenvalue weighted by Crippen LogP contribution is 2.35. The molecule has 0 radical (unpaired) electrons. The summed E-state index contributed by atoms with van der Waals surface area (Å²) in [6.45, 7) is 1.87. The third kappa shape index (κ3) is 4.12. The Balaban J connectivity index is 1.38. The van der Waals surface area contributed by atoms with E-state index in [1.54, 1.807) is 26.0 Å². The van der Waals surface area contributed by atoms with Crippen LogP contribution < -0.4 is 14.4 Å². The molecule has 0 aliphatic carbocycles. The molecule has 6 nitrogen and oxygen atoms in total. The minimum absolute atomic E-state index is 0.0138. The molecule has 0 atom stereocenters. The van der Waals surface area contributed by atoms with Crippen LogP contribution in [-0.2, 0) is 22.6 Å². The third-order valence-electron chi connectivity index (χ3n) is 5.65. The van der Waals surface area contributed by atoms with E-state index in [9.17, 15) is 9.59 Å². The van der Waals surface area contributed by atoms with Gasteiger partial charge in [0.25, 0.3) is 0 Å². The first-order chi connectivity index (χ1) is 14.6. The normalized spacial score (nSPS) is 15.3. The zero-order chi connectivity index (χ0) is 21.1. The number of rotatable bonds is 5. The van der Waals surface area contributed by atoms with Crippen LogP contribution in [0.4, 0.5) is 5.69 Å². The van der Waals surface area contributed by atoms with Gasteiger partial charge in [-0.2, -0.15) is 0 Å². The Bertz CT molecular complexity index is 962. The van der Waals surface area contributed by atoms with Crippen LogP contribution in [0.2, 0.25) is 0 Å². The fourth-order valence-electron chi connectivity index (χ4n) is 4.03. The van der Waals surface area contributed by atoms with Crippen molar-refractivity contribution in [3.05, 3.63) is 47.5 Å². The second-order valence-electron chi connectivity index (χ2n) is 7.40. The predicted octanol–water partition coefficient (Wildman–Crippen LogP) is 3.51. The Hall–Kier alpha value is -2.67. The lowest BCUT2D eigenvalue weighted by Gasteiger charge is -2.31. The largest absolute Gasteiger partial charge is 0.493 e. The van der Waals surface area contributed by atoms with E-state index in [2.05, 4.69) is 0 Å². The first-order valence-corrected chi connectivity index (χ1v) is 11.1. The Morgan fingerprint density at radius 3 is 2.43 bits per heavy atom. The van der Waals surface area contributed by atoms with E-state index < -0.39 is 0 Å². The molecule has 0 N–H and O–H groups in total. The molecule has 2 amide bonds. The zero-order valence-corrected chi connectivity index (χ0v) is 18.2. The Morgan fingerprint density at radius 2 is 1.67 bits per heavy atom. The van der Waals surface area contributed by atoms with Crippen molar-refractivity contribution >= 4 is 29.3 Å². The van der Waals surface area contributed by atoms with Gasteiger partial charge in [0.05, 0.1) is 19.9 Å². The summed E-state index contributed by atoms with van der Waals surface area (Å²) in [5.41, 5.74) is 3.20. The molecule has 2 heterocycles. The van der Waals surface area contributed by atoms with Gasteiger partial charge in [-0.15, -0.1) is 11.8 Å². The smallest absolute Gasteiger partial charge is 0.227 e. The van der Waals surface area contributed by atoms with E-state index in [4.69, 9.17) is 9.47 Å². The van der Waals surface area contributed by atoms with Gasteiger partial charge in [0.1, 0.15) is 0 Å². The highest BCUT2D eigenvalue weighted by atomic mass is 32.2. The minimum atomic E-state index is 0.0138. The molecule has 0 saturated carbocycles. The number of carbonyl (C=O) groups is 2. The lowest BCUT2D eigenvalue weighted by Crippen LogP contribution is -2.38. The highest BCUT2D eigenvalue weighted by Gasteiger charge is 2.26. The predicted molar refractivity (Wildman–Crippen MR) is 117 cm³/mol. The van der Waals surface area contributed by atoms with Gasteiger partial charge in [0.2, 0.25) is 11.8 Å². The maximum Gasteiger partial charge on any atom is 0.227 e. The van der Waals surface area contributed by atoms with Crippen molar-refractivity contribution < 1.29 is 19.1 Å². The average Bonchev–Trinajstić information content (AvgIpc) is 2.80. The summed E-state index contributed by atoms with van der Waals surface area (Å²) in [5, 5.41) is 0. The van der Waals surface area contributed by atoms with E-state index in [1.165, 1.54) is 5.56 Å². The first kappa shape index (κ1) is 20.6. The molecule has 2 aliphatic rings. The number of para-hydroxylation sites is 1. The minimum Gasteiger partial charge on any atom is -0.493 e. The van der Waals surface area contributed by atoms with E-state index in [0.29, 0.717) is 31.1 Å².